The Bertz CT molecular complexity index is 1260. The molecule has 2 N–H and O–H groups in total. The van der Waals surface area contributed by atoms with Crippen LogP contribution in [0.2, 0.25) is 0 Å². The molecule has 7 heteroatoms. The summed E-state index contributed by atoms with van der Waals surface area (Å²) < 4.78 is 7.87. The van der Waals surface area contributed by atoms with E-state index in [0.29, 0.717) is 0 Å². The van der Waals surface area contributed by atoms with Crippen molar-refractivity contribution >= 4 is 23.0 Å². The van der Waals surface area contributed by atoms with Gasteiger partial charge in [0, 0.05) is 36.9 Å². The number of hydrogen-bond donors (Lipinski definition) is 2. The summed E-state index contributed by atoms with van der Waals surface area (Å²) in [5.74, 6) is 0.825. The van der Waals surface area contributed by atoms with Gasteiger partial charge >= 0.3 is 0 Å². The van der Waals surface area contributed by atoms with Gasteiger partial charge in [0.05, 0.1) is 30.6 Å². The van der Waals surface area contributed by atoms with Gasteiger partial charge in [0.1, 0.15) is 5.75 Å². The van der Waals surface area contributed by atoms with Gasteiger partial charge in [-0.05, 0) is 67.2 Å². The SMILES string of the molecule is COc1ccccc1-n1cccc1[C@@H]1[C@@H](c2ccccn2)NC(=S)N1CCCNc1ccccc1. The van der Waals surface area contributed by atoms with Crippen molar-refractivity contribution in [1.29, 1.82) is 0 Å². The number of benzene rings is 2. The molecule has 2 atom stereocenters. The molecule has 3 heterocycles. The van der Waals surface area contributed by atoms with Crippen molar-refractivity contribution in [3.05, 3.63) is 109 Å². The second-order valence-electron chi connectivity index (χ2n) is 8.44. The minimum Gasteiger partial charge on any atom is -0.495 e. The van der Waals surface area contributed by atoms with Crippen LogP contribution in [0, 0.1) is 0 Å². The van der Waals surface area contributed by atoms with Gasteiger partial charge in [-0.25, -0.2) is 0 Å². The molecule has 35 heavy (non-hydrogen) atoms. The van der Waals surface area contributed by atoms with E-state index in [0.717, 1.165) is 53.1 Å². The first kappa shape index (κ1) is 22.9. The molecular formula is C28H29N5OS. The van der Waals surface area contributed by atoms with Crippen LogP contribution >= 0.6 is 12.2 Å². The molecule has 1 aliphatic rings. The van der Waals surface area contributed by atoms with E-state index in [1.54, 1.807) is 7.11 Å². The summed E-state index contributed by atoms with van der Waals surface area (Å²) in [5.41, 5.74) is 4.23. The molecule has 1 fully saturated rings. The lowest BCUT2D eigenvalue weighted by molar-refractivity contribution is 0.307. The molecule has 5 rings (SSSR count). The van der Waals surface area contributed by atoms with Crippen LogP contribution in [0.15, 0.2) is 97.3 Å². The maximum absolute atomic E-state index is 5.85. The molecule has 4 aromatic rings. The number of pyridine rings is 1. The first-order chi connectivity index (χ1) is 17.3. The number of aromatic nitrogens is 2. The van der Waals surface area contributed by atoms with E-state index in [2.05, 4.69) is 67.7 Å². The van der Waals surface area contributed by atoms with Gasteiger partial charge in [-0.3, -0.25) is 4.98 Å². The number of thiocarbonyl (C=S) groups is 1. The van der Waals surface area contributed by atoms with Crippen LogP contribution in [0.1, 0.15) is 29.9 Å². The maximum Gasteiger partial charge on any atom is 0.170 e. The number of methoxy groups -OCH3 is 1. The molecule has 0 unspecified atom stereocenters. The molecule has 2 aromatic heterocycles. The standard InChI is InChI=1S/C28H29N5OS/c1-34-25-16-6-5-14-23(25)32-19-9-15-24(32)27-26(22-13-7-8-17-30-22)31-28(35)33(27)20-10-18-29-21-11-3-2-4-12-21/h2-9,11-17,19,26-27,29H,10,18,20H2,1H3,(H,31,35)/t26-,27-/m1/s1. The molecule has 0 saturated carbocycles. The highest BCUT2D eigenvalue weighted by Gasteiger charge is 2.41. The molecule has 0 radical (unpaired) electrons. The second kappa shape index (κ2) is 10.6. The highest BCUT2D eigenvalue weighted by molar-refractivity contribution is 7.80. The van der Waals surface area contributed by atoms with Gasteiger partial charge in [0.25, 0.3) is 0 Å². The first-order valence-electron chi connectivity index (χ1n) is 11.8. The third-order valence-corrected chi connectivity index (χ3v) is 6.66. The summed E-state index contributed by atoms with van der Waals surface area (Å²) >= 11 is 5.85. The molecule has 0 amide bonds. The Hall–Kier alpha value is -3.84. The van der Waals surface area contributed by atoms with E-state index in [1.165, 1.54) is 0 Å². The Morgan fingerprint density at radius 3 is 2.57 bits per heavy atom. The summed E-state index contributed by atoms with van der Waals surface area (Å²) in [4.78, 5) is 6.96. The number of nitrogens with one attached hydrogen (secondary N) is 2. The monoisotopic (exact) mass is 483 g/mol. The molecular weight excluding hydrogens is 454 g/mol. The van der Waals surface area contributed by atoms with Crippen molar-refractivity contribution in [2.45, 2.75) is 18.5 Å². The number of hydrogen-bond acceptors (Lipinski definition) is 4. The van der Waals surface area contributed by atoms with Crippen LogP contribution in [0.25, 0.3) is 5.69 Å². The van der Waals surface area contributed by atoms with Crippen LogP contribution in [0.5, 0.6) is 5.75 Å². The molecule has 0 bridgehead atoms. The van der Waals surface area contributed by atoms with Gasteiger partial charge in [-0.2, -0.15) is 0 Å². The van der Waals surface area contributed by atoms with Crippen LogP contribution in [-0.2, 0) is 0 Å². The number of anilines is 1. The number of rotatable bonds is 9. The van der Waals surface area contributed by atoms with Gasteiger partial charge in [-0.15, -0.1) is 0 Å². The zero-order valence-corrected chi connectivity index (χ0v) is 20.5. The number of nitrogens with zero attached hydrogens (tertiary/aromatic N) is 3. The van der Waals surface area contributed by atoms with E-state index >= 15 is 0 Å². The van der Waals surface area contributed by atoms with Crippen molar-refractivity contribution in [2.24, 2.45) is 0 Å². The normalized spacial score (nSPS) is 17.3. The molecule has 1 saturated heterocycles. The molecule has 6 nitrogen and oxygen atoms in total. The predicted molar refractivity (Wildman–Crippen MR) is 144 cm³/mol. The fourth-order valence-corrected chi connectivity index (χ4v) is 5.02. The Kier molecular flexibility index (Phi) is 6.95. The Labute approximate surface area is 211 Å². The van der Waals surface area contributed by atoms with Gasteiger partial charge in [0.2, 0.25) is 0 Å². The van der Waals surface area contributed by atoms with Gasteiger partial charge in [-0.1, -0.05) is 36.4 Å². The van der Waals surface area contributed by atoms with Crippen molar-refractivity contribution < 1.29 is 4.74 Å². The number of para-hydroxylation sites is 3. The molecule has 0 spiro atoms. The van der Waals surface area contributed by atoms with Crippen LogP contribution in [0.4, 0.5) is 5.69 Å². The van der Waals surface area contributed by atoms with Crippen LogP contribution in [-0.4, -0.2) is 39.8 Å². The largest absolute Gasteiger partial charge is 0.495 e. The maximum atomic E-state index is 5.85. The van der Waals surface area contributed by atoms with Crippen molar-refractivity contribution in [3.8, 4) is 11.4 Å². The summed E-state index contributed by atoms with van der Waals surface area (Å²) in [7, 11) is 1.71. The van der Waals surface area contributed by atoms with Gasteiger partial charge in [0.15, 0.2) is 5.11 Å². The van der Waals surface area contributed by atoms with Crippen molar-refractivity contribution in [2.75, 3.05) is 25.5 Å². The fraction of sp³-hybridized carbons (Fsp3) is 0.214. The van der Waals surface area contributed by atoms with Crippen molar-refractivity contribution in [1.82, 2.24) is 19.8 Å². The molecule has 2 aromatic carbocycles. The Balaban J connectivity index is 1.45. The minimum atomic E-state index is -0.0610. The highest BCUT2D eigenvalue weighted by Crippen LogP contribution is 2.40. The smallest absolute Gasteiger partial charge is 0.170 e. The number of ether oxygens (including phenoxy) is 1. The predicted octanol–water partition coefficient (Wildman–Crippen LogP) is 5.36. The first-order valence-corrected chi connectivity index (χ1v) is 12.2. The summed E-state index contributed by atoms with van der Waals surface area (Å²) in [6, 6.07) is 28.5. The quantitative estimate of drug-likeness (QED) is 0.247. The lowest BCUT2D eigenvalue weighted by Crippen LogP contribution is -2.32. The molecule has 178 valence electrons. The third-order valence-electron chi connectivity index (χ3n) is 6.30. The van der Waals surface area contributed by atoms with E-state index in [4.69, 9.17) is 17.0 Å². The molecule has 1 aliphatic heterocycles. The van der Waals surface area contributed by atoms with E-state index < -0.39 is 0 Å². The van der Waals surface area contributed by atoms with E-state index in [-0.39, 0.29) is 12.1 Å². The zero-order chi connectivity index (χ0) is 24.0. The lowest BCUT2D eigenvalue weighted by atomic mass is 10.0. The lowest BCUT2D eigenvalue weighted by Gasteiger charge is -2.29. The Morgan fingerprint density at radius 2 is 1.77 bits per heavy atom. The Morgan fingerprint density at radius 1 is 0.971 bits per heavy atom. The minimum absolute atomic E-state index is 0.0194. The summed E-state index contributed by atoms with van der Waals surface area (Å²) in [6.45, 7) is 1.67. The van der Waals surface area contributed by atoms with Gasteiger partial charge < -0.3 is 24.8 Å². The van der Waals surface area contributed by atoms with Crippen LogP contribution in [0.3, 0.4) is 0 Å². The van der Waals surface area contributed by atoms with E-state index in [1.807, 2.05) is 54.7 Å². The zero-order valence-electron chi connectivity index (χ0n) is 19.7. The second-order valence-corrected chi connectivity index (χ2v) is 8.83. The summed E-state index contributed by atoms with van der Waals surface area (Å²) in [6.07, 6.45) is 4.86. The average Bonchev–Trinajstić information content (AvgIpc) is 3.52. The van der Waals surface area contributed by atoms with Crippen LogP contribution < -0.4 is 15.4 Å². The average molecular weight is 484 g/mol. The fourth-order valence-electron chi connectivity index (χ4n) is 4.69. The van der Waals surface area contributed by atoms with Crippen molar-refractivity contribution in [3.63, 3.8) is 0 Å². The summed E-state index contributed by atoms with van der Waals surface area (Å²) in [5, 5.41) is 7.81. The topological polar surface area (TPSA) is 54.4 Å². The van der Waals surface area contributed by atoms with E-state index in [9.17, 15) is 0 Å². The third kappa shape index (κ3) is 4.86. The highest BCUT2D eigenvalue weighted by atomic mass is 32.1. The molecule has 0 aliphatic carbocycles.